The lowest BCUT2D eigenvalue weighted by Crippen LogP contribution is -2.12. The molecule has 4 heteroatoms. The minimum absolute atomic E-state index is 0.135. The summed E-state index contributed by atoms with van der Waals surface area (Å²) in [6, 6.07) is 11.2. The monoisotopic (exact) mass is 318 g/mol. The normalized spacial score (nSPS) is 10.5. The van der Waals surface area contributed by atoms with Crippen molar-refractivity contribution >= 4 is 27.5 Å². The molecule has 0 aliphatic rings. The zero-order valence-corrected chi connectivity index (χ0v) is 12.4. The fourth-order valence-corrected chi connectivity index (χ4v) is 2.04. The summed E-state index contributed by atoms with van der Waals surface area (Å²) in [6.45, 7) is 4.25. The third-order valence-corrected chi connectivity index (χ3v) is 3.48. The number of nitrogens with zero attached hydrogens (tertiary/aromatic N) is 1. The number of hydrogen-bond donors (Lipinski definition) is 1. The summed E-state index contributed by atoms with van der Waals surface area (Å²) in [6.07, 6.45) is 1.66. The van der Waals surface area contributed by atoms with Crippen molar-refractivity contribution in [1.82, 2.24) is 4.98 Å². The van der Waals surface area contributed by atoms with Gasteiger partial charge in [0.25, 0.3) is 5.91 Å². The van der Waals surface area contributed by atoms with Gasteiger partial charge >= 0.3 is 0 Å². The predicted molar refractivity (Wildman–Crippen MR) is 80.4 cm³/mol. The second-order valence-corrected chi connectivity index (χ2v) is 5.32. The van der Waals surface area contributed by atoms with Crippen molar-refractivity contribution in [1.29, 1.82) is 0 Å². The van der Waals surface area contributed by atoms with Gasteiger partial charge in [0.2, 0.25) is 0 Å². The standard InChI is InChI=1S/C15H15BrN2O/c1-10(2)11-5-7-12(8-6-11)15(19)18-13-4-3-9-17-14(13)16/h3-10H,1-2H3,(H,18,19). The van der Waals surface area contributed by atoms with Gasteiger partial charge in [-0.05, 0) is 51.7 Å². The lowest BCUT2D eigenvalue weighted by molar-refractivity contribution is 0.102. The molecule has 2 rings (SSSR count). The SMILES string of the molecule is CC(C)c1ccc(C(=O)Nc2cccnc2Br)cc1. The summed E-state index contributed by atoms with van der Waals surface area (Å²) in [5, 5.41) is 2.83. The summed E-state index contributed by atoms with van der Waals surface area (Å²) in [4.78, 5) is 16.2. The van der Waals surface area contributed by atoms with Gasteiger partial charge in [0.05, 0.1) is 5.69 Å². The average Bonchev–Trinajstić information content (AvgIpc) is 2.41. The molecular formula is C15H15BrN2O. The molecule has 1 heterocycles. The molecule has 1 aromatic heterocycles. The third kappa shape index (κ3) is 3.41. The molecule has 1 aromatic carbocycles. The van der Waals surface area contributed by atoms with Crippen LogP contribution in [0, 0.1) is 0 Å². The Morgan fingerprint density at radius 2 is 1.89 bits per heavy atom. The summed E-state index contributed by atoms with van der Waals surface area (Å²) in [5.41, 5.74) is 2.53. The van der Waals surface area contributed by atoms with Gasteiger partial charge in [-0.2, -0.15) is 0 Å². The van der Waals surface area contributed by atoms with Gasteiger partial charge in [-0.25, -0.2) is 4.98 Å². The third-order valence-electron chi connectivity index (χ3n) is 2.85. The van der Waals surface area contributed by atoms with E-state index in [1.807, 2.05) is 24.3 Å². The molecule has 0 saturated heterocycles. The number of hydrogen-bond acceptors (Lipinski definition) is 2. The zero-order chi connectivity index (χ0) is 13.8. The summed E-state index contributed by atoms with van der Waals surface area (Å²) in [5.74, 6) is 0.327. The Morgan fingerprint density at radius 3 is 2.47 bits per heavy atom. The fraction of sp³-hybridized carbons (Fsp3) is 0.200. The number of rotatable bonds is 3. The van der Waals surface area contributed by atoms with Crippen LogP contribution in [0.1, 0.15) is 35.7 Å². The molecule has 2 aromatic rings. The van der Waals surface area contributed by atoms with Crippen molar-refractivity contribution in [3.63, 3.8) is 0 Å². The minimum Gasteiger partial charge on any atom is -0.320 e. The van der Waals surface area contributed by atoms with E-state index in [4.69, 9.17) is 0 Å². The van der Waals surface area contributed by atoms with Crippen LogP contribution in [0.15, 0.2) is 47.2 Å². The van der Waals surface area contributed by atoms with Gasteiger partial charge in [0, 0.05) is 11.8 Å². The van der Waals surface area contributed by atoms with Crippen LogP contribution >= 0.6 is 15.9 Å². The largest absolute Gasteiger partial charge is 0.320 e. The van der Waals surface area contributed by atoms with Crippen molar-refractivity contribution < 1.29 is 4.79 Å². The van der Waals surface area contributed by atoms with E-state index < -0.39 is 0 Å². The fourth-order valence-electron chi connectivity index (χ4n) is 1.69. The number of benzene rings is 1. The van der Waals surface area contributed by atoms with E-state index >= 15 is 0 Å². The van der Waals surface area contributed by atoms with Crippen LogP contribution in [0.2, 0.25) is 0 Å². The first-order chi connectivity index (χ1) is 9.08. The number of aromatic nitrogens is 1. The quantitative estimate of drug-likeness (QED) is 0.861. The Morgan fingerprint density at radius 1 is 1.21 bits per heavy atom. The van der Waals surface area contributed by atoms with Gasteiger partial charge in [-0.1, -0.05) is 26.0 Å². The molecule has 98 valence electrons. The van der Waals surface area contributed by atoms with Gasteiger partial charge in [-0.3, -0.25) is 4.79 Å². The molecule has 0 radical (unpaired) electrons. The minimum atomic E-state index is -0.135. The van der Waals surface area contributed by atoms with E-state index in [1.165, 1.54) is 5.56 Å². The smallest absolute Gasteiger partial charge is 0.255 e. The summed E-state index contributed by atoms with van der Waals surface area (Å²) in [7, 11) is 0. The summed E-state index contributed by atoms with van der Waals surface area (Å²) < 4.78 is 0.627. The number of amides is 1. The van der Waals surface area contributed by atoms with Crippen LogP contribution in [-0.4, -0.2) is 10.9 Å². The van der Waals surface area contributed by atoms with Gasteiger partial charge in [-0.15, -0.1) is 0 Å². The highest BCUT2D eigenvalue weighted by Gasteiger charge is 2.09. The Balaban J connectivity index is 2.14. The maximum Gasteiger partial charge on any atom is 0.255 e. The van der Waals surface area contributed by atoms with Crippen LogP contribution in [0.3, 0.4) is 0 Å². The van der Waals surface area contributed by atoms with Gasteiger partial charge < -0.3 is 5.32 Å². The molecule has 0 saturated carbocycles. The average molecular weight is 319 g/mol. The molecule has 3 nitrogen and oxygen atoms in total. The first-order valence-corrected chi connectivity index (χ1v) is 6.89. The number of nitrogens with one attached hydrogen (secondary N) is 1. The number of carbonyl (C=O) groups excluding carboxylic acids is 1. The lowest BCUT2D eigenvalue weighted by atomic mass is 10.0. The molecule has 0 atom stereocenters. The topological polar surface area (TPSA) is 42.0 Å². The highest BCUT2D eigenvalue weighted by Crippen LogP contribution is 2.20. The van der Waals surface area contributed by atoms with Crippen LogP contribution in [0.5, 0.6) is 0 Å². The molecule has 0 unspecified atom stereocenters. The van der Waals surface area contributed by atoms with E-state index in [2.05, 4.69) is 40.1 Å². The van der Waals surface area contributed by atoms with E-state index in [9.17, 15) is 4.79 Å². The molecule has 0 fully saturated rings. The number of halogens is 1. The highest BCUT2D eigenvalue weighted by atomic mass is 79.9. The van der Waals surface area contributed by atoms with Crippen molar-refractivity contribution in [3.05, 3.63) is 58.3 Å². The Kier molecular flexibility index (Phi) is 4.32. The molecule has 1 amide bonds. The van der Waals surface area contributed by atoms with Crippen LogP contribution in [0.25, 0.3) is 0 Å². The lowest BCUT2D eigenvalue weighted by Gasteiger charge is -2.08. The van der Waals surface area contributed by atoms with Crippen molar-refractivity contribution in [2.24, 2.45) is 0 Å². The second kappa shape index (κ2) is 5.97. The zero-order valence-electron chi connectivity index (χ0n) is 10.9. The molecule has 1 N–H and O–H groups in total. The van der Waals surface area contributed by atoms with E-state index in [1.54, 1.807) is 18.3 Å². The van der Waals surface area contributed by atoms with Crippen molar-refractivity contribution in [2.45, 2.75) is 19.8 Å². The van der Waals surface area contributed by atoms with Crippen LogP contribution in [-0.2, 0) is 0 Å². The molecule has 0 bridgehead atoms. The maximum absolute atomic E-state index is 12.1. The highest BCUT2D eigenvalue weighted by molar-refractivity contribution is 9.10. The first kappa shape index (κ1) is 13.7. The maximum atomic E-state index is 12.1. The predicted octanol–water partition coefficient (Wildman–Crippen LogP) is 4.22. The molecule has 0 aliphatic heterocycles. The second-order valence-electron chi connectivity index (χ2n) is 4.57. The number of pyridine rings is 1. The van der Waals surface area contributed by atoms with E-state index in [0.717, 1.165) is 0 Å². The molecule has 19 heavy (non-hydrogen) atoms. The van der Waals surface area contributed by atoms with Gasteiger partial charge in [0.15, 0.2) is 0 Å². The van der Waals surface area contributed by atoms with E-state index in [0.29, 0.717) is 21.8 Å². The van der Waals surface area contributed by atoms with Crippen LogP contribution in [0.4, 0.5) is 5.69 Å². The Bertz CT molecular complexity index is 579. The Hall–Kier alpha value is -1.68. The van der Waals surface area contributed by atoms with E-state index in [-0.39, 0.29) is 5.91 Å². The molecule has 0 spiro atoms. The Labute approximate surface area is 121 Å². The van der Waals surface area contributed by atoms with Gasteiger partial charge in [0.1, 0.15) is 4.60 Å². The van der Waals surface area contributed by atoms with Crippen molar-refractivity contribution in [2.75, 3.05) is 5.32 Å². The number of carbonyl (C=O) groups is 1. The summed E-state index contributed by atoms with van der Waals surface area (Å²) >= 11 is 3.30. The number of anilines is 1. The van der Waals surface area contributed by atoms with Crippen molar-refractivity contribution in [3.8, 4) is 0 Å². The van der Waals surface area contributed by atoms with Crippen LogP contribution < -0.4 is 5.32 Å². The molecule has 0 aliphatic carbocycles. The molecular weight excluding hydrogens is 304 g/mol. The first-order valence-electron chi connectivity index (χ1n) is 6.09.